The molecule has 174 valence electrons. The van der Waals surface area contributed by atoms with Crippen molar-refractivity contribution >= 4 is 11.6 Å². The third-order valence-electron chi connectivity index (χ3n) is 5.86. The molecule has 2 aliphatic heterocycles. The number of nitrogens with zero attached hydrogens (tertiary/aromatic N) is 4. The van der Waals surface area contributed by atoms with Crippen molar-refractivity contribution in [2.45, 2.75) is 19.8 Å². The zero-order valence-corrected chi connectivity index (χ0v) is 19.0. The maximum Gasteiger partial charge on any atom is 0.191 e. The van der Waals surface area contributed by atoms with Gasteiger partial charge in [0.05, 0.1) is 18.9 Å². The number of ether oxygens (including phenoxy) is 1. The highest BCUT2D eigenvalue weighted by atomic mass is 19.1. The lowest BCUT2D eigenvalue weighted by molar-refractivity contribution is 0.0377. The molecule has 0 aromatic heterocycles. The minimum absolute atomic E-state index is 0.125. The molecule has 2 fully saturated rings. The van der Waals surface area contributed by atoms with Crippen molar-refractivity contribution in [3.8, 4) is 0 Å². The first-order valence-corrected chi connectivity index (χ1v) is 11.8. The maximum absolute atomic E-state index is 14.0. The summed E-state index contributed by atoms with van der Waals surface area (Å²) in [6.45, 7) is 14.3. The highest BCUT2D eigenvalue weighted by Gasteiger charge is 2.18. The number of halogens is 1. The summed E-state index contributed by atoms with van der Waals surface area (Å²) in [5.74, 6) is 0.786. The standard InChI is InChI=1S/C23H39FN6O/c1-2-25-23(27-10-6-12-29-17-19-31-20-18-29)26-9-5-11-28-13-15-30(16-14-28)22-8-4-3-7-21(22)24/h3-4,7-8H,2,5-6,9-20H2,1H3,(H2,25,26,27). The van der Waals surface area contributed by atoms with Crippen LogP contribution < -0.4 is 15.5 Å². The van der Waals surface area contributed by atoms with Crippen molar-refractivity contribution in [3.05, 3.63) is 30.1 Å². The molecule has 2 heterocycles. The molecule has 0 bridgehead atoms. The topological polar surface area (TPSA) is 55.4 Å². The van der Waals surface area contributed by atoms with Gasteiger partial charge in [0.2, 0.25) is 0 Å². The number of morpholine rings is 1. The highest BCUT2D eigenvalue weighted by Crippen LogP contribution is 2.20. The number of rotatable bonds is 10. The van der Waals surface area contributed by atoms with Gasteiger partial charge in [-0.3, -0.25) is 14.8 Å². The van der Waals surface area contributed by atoms with E-state index in [2.05, 4.69) is 32.3 Å². The van der Waals surface area contributed by atoms with Crippen LogP contribution in [0.15, 0.2) is 29.3 Å². The van der Waals surface area contributed by atoms with E-state index in [0.717, 1.165) is 110 Å². The van der Waals surface area contributed by atoms with Gasteiger partial charge in [-0.2, -0.15) is 0 Å². The maximum atomic E-state index is 14.0. The molecule has 0 spiro atoms. The Hall–Kier alpha value is -1.90. The average Bonchev–Trinajstić information content (AvgIpc) is 2.81. The molecule has 0 amide bonds. The Morgan fingerprint density at radius 3 is 2.42 bits per heavy atom. The van der Waals surface area contributed by atoms with Gasteiger partial charge in [-0.05, 0) is 38.4 Å². The number of guanidine groups is 1. The number of aliphatic imine (C=N–C) groups is 1. The normalized spacial score (nSPS) is 18.9. The fourth-order valence-electron chi connectivity index (χ4n) is 4.08. The van der Waals surface area contributed by atoms with Gasteiger partial charge >= 0.3 is 0 Å². The highest BCUT2D eigenvalue weighted by molar-refractivity contribution is 5.79. The van der Waals surface area contributed by atoms with Crippen LogP contribution in [0.25, 0.3) is 0 Å². The summed E-state index contributed by atoms with van der Waals surface area (Å²) in [5.41, 5.74) is 0.726. The summed E-state index contributed by atoms with van der Waals surface area (Å²) in [6.07, 6.45) is 2.14. The summed E-state index contributed by atoms with van der Waals surface area (Å²) in [7, 11) is 0. The van der Waals surface area contributed by atoms with Crippen LogP contribution >= 0.6 is 0 Å². The number of hydrogen-bond acceptors (Lipinski definition) is 5. The number of nitrogens with one attached hydrogen (secondary N) is 2. The Morgan fingerprint density at radius 2 is 1.68 bits per heavy atom. The van der Waals surface area contributed by atoms with Gasteiger partial charge in [0, 0.05) is 65.4 Å². The predicted octanol–water partition coefficient (Wildman–Crippen LogP) is 1.62. The van der Waals surface area contributed by atoms with E-state index in [9.17, 15) is 4.39 Å². The second-order valence-corrected chi connectivity index (χ2v) is 8.13. The van der Waals surface area contributed by atoms with Crippen LogP contribution in [0.4, 0.5) is 10.1 Å². The first-order chi connectivity index (χ1) is 15.3. The molecule has 0 saturated carbocycles. The number of hydrogen-bond donors (Lipinski definition) is 2. The van der Waals surface area contributed by atoms with Crippen LogP contribution in [-0.4, -0.2) is 101 Å². The Bertz CT molecular complexity index is 659. The first-order valence-electron chi connectivity index (χ1n) is 11.8. The lowest BCUT2D eigenvalue weighted by Crippen LogP contribution is -2.47. The van der Waals surface area contributed by atoms with Crippen molar-refractivity contribution in [2.24, 2.45) is 4.99 Å². The van der Waals surface area contributed by atoms with Crippen LogP contribution in [0.5, 0.6) is 0 Å². The van der Waals surface area contributed by atoms with Gasteiger partial charge in [0.1, 0.15) is 5.82 Å². The molecule has 2 N–H and O–H groups in total. The molecule has 7 nitrogen and oxygen atoms in total. The molecule has 0 radical (unpaired) electrons. The Kier molecular flexibility index (Phi) is 10.3. The van der Waals surface area contributed by atoms with Gasteiger partial charge in [0.15, 0.2) is 5.96 Å². The van der Waals surface area contributed by atoms with Crippen molar-refractivity contribution in [2.75, 3.05) is 90.1 Å². The van der Waals surface area contributed by atoms with Gasteiger partial charge in [-0.1, -0.05) is 12.1 Å². The fourth-order valence-corrected chi connectivity index (χ4v) is 4.08. The Morgan fingerprint density at radius 1 is 0.968 bits per heavy atom. The van der Waals surface area contributed by atoms with E-state index in [1.165, 1.54) is 0 Å². The second-order valence-electron chi connectivity index (χ2n) is 8.13. The summed E-state index contributed by atoms with van der Waals surface area (Å²) in [4.78, 5) is 11.8. The predicted molar refractivity (Wildman–Crippen MR) is 126 cm³/mol. The van der Waals surface area contributed by atoms with Crippen molar-refractivity contribution in [1.29, 1.82) is 0 Å². The number of anilines is 1. The molecule has 2 saturated heterocycles. The van der Waals surface area contributed by atoms with Crippen molar-refractivity contribution in [1.82, 2.24) is 20.4 Å². The quantitative estimate of drug-likeness (QED) is 0.332. The molecule has 1 aromatic rings. The molecule has 3 rings (SSSR count). The molecular weight excluding hydrogens is 395 g/mol. The smallest absolute Gasteiger partial charge is 0.191 e. The number of para-hydroxylation sites is 1. The molecule has 0 unspecified atom stereocenters. The zero-order chi connectivity index (χ0) is 21.7. The molecular formula is C23H39FN6O. The van der Waals surface area contributed by atoms with Crippen LogP contribution in [0.3, 0.4) is 0 Å². The number of benzene rings is 1. The van der Waals surface area contributed by atoms with Crippen molar-refractivity contribution < 1.29 is 9.13 Å². The van der Waals surface area contributed by atoms with Crippen molar-refractivity contribution in [3.63, 3.8) is 0 Å². The molecule has 31 heavy (non-hydrogen) atoms. The molecule has 0 aliphatic carbocycles. The monoisotopic (exact) mass is 434 g/mol. The molecule has 2 aliphatic rings. The minimum Gasteiger partial charge on any atom is -0.379 e. The summed E-state index contributed by atoms with van der Waals surface area (Å²) in [5, 5.41) is 6.80. The fraction of sp³-hybridized carbons (Fsp3) is 0.696. The average molecular weight is 435 g/mol. The van der Waals surface area contributed by atoms with Gasteiger partial charge in [-0.25, -0.2) is 4.39 Å². The van der Waals surface area contributed by atoms with E-state index in [1.807, 2.05) is 12.1 Å². The molecule has 0 atom stereocenters. The third kappa shape index (κ3) is 8.27. The van der Waals surface area contributed by atoms with Crippen LogP contribution in [0, 0.1) is 5.82 Å². The van der Waals surface area contributed by atoms with Crippen LogP contribution in [-0.2, 0) is 4.74 Å². The lowest BCUT2D eigenvalue weighted by Gasteiger charge is -2.36. The summed E-state index contributed by atoms with van der Waals surface area (Å²) in [6, 6.07) is 7.07. The summed E-state index contributed by atoms with van der Waals surface area (Å²) >= 11 is 0. The Balaban J connectivity index is 1.29. The van der Waals surface area contributed by atoms with Gasteiger partial charge in [0.25, 0.3) is 0 Å². The van der Waals surface area contributed by atoms with Crippen LogP contribution in [0.1, 0.15) is 19.8 Å². The van der Waals surface area contributed by atoms with E-state index < -0.39 is 0 Å². The van der Waals surface area contributed by atoms with E-state index >= 15 is 0 Å². The second kappa shape index (κ2) is 13.5. The number of piperazine rings is 1. The SMILES string of the molecule is CCNC(=NCCCN1CCOCC1)NCCCN1CCN(c2ccccc2F)CC1. The molecule has 1 aromatic carbocycles. The van der Waals surface area contributed by atoms with Gasteiger partial charge in [-0.15, -0.1) is 0 Å². The molecule has 8 heteroatoms. The third-order valence-corrected chi connectivity index (χ3v) is 5.86. The minimum atomic E-state index is -0.125. The van der Waals surface area contributed by atoms with E-state index in [0.29, 0.717) is 0 Å². The van der Waals surface area contributed by atoms with E-state index in [-0.39, 0.29) is 5.82 Å². The Labute approximate surface area is 186 Å². The first kappa shape index (κ1) is 23.8. The van der Waals surface area contributed by atoms with E-state index in [4.69, 9.17) is 9.73 Å². The van der Waals surface area contributed by atoms with Crippen LogP contribution in [0.2, 0.25) is 0 Å². The largest absolute Gasteiger partial charge is 0.379 e. The van der Waals surface area contributed by atoms with E-state index in [1.54, 1.807) is 12.1 Å². The summed E-state index contributed by atoms with van der Waals surface area (Å²) < 4.78 is 19.4. The zero-order valence-electron chi connectivity index (χ0n) is 19.0. The lowest BCUT2D eigenvalue weighted by atomic mass is 10.2. The van der Waals surface area contributed by atoms with Gasteiger partial charge < -0.3 is 20.3 Å².